The van der Waals surface area contributed by atoms with Gasteiger partial charge in [0.2, 0.25) is 11.1 Å². The van der Waals surface area contributed by atoms with Crippen molar-refractivity contribution in [2.45, 2.75) is 70.1 Å². The zero-order valence-electron chi connectivity index (χ0n) is 13.3. The van der Waals surface area contributed by atoms with Crippen molar-refractivity contribution in [2.24, 2.45) is 5.92 Å². The zero-order chi connectivity index (χ0) is 15.5. The number of rotatable bonds is 4. The van der Waals surface area contributed by atoms with Crippen LogP contribution in [0.5, 0.6) is 0 Å². The van der Waals surface area contributed by atoms with Crippen LogP contribution in [0.2, 0.25) is 0 Å². The molecule has 1 amide bonds. The number of nitrogens with zero attached hydrogens (tertiary/aromatic N) is 4. The SMILES string of the molecule is CC1CCC(NC(=O)CSc2nnnn2C(C)(C)C)CC1. The molecule has 0 aromatic carbocycles. The van der Waals surface area contributed by atoms with E-state index in [0.717, 1.165) is 18.8 Å². The molecule has 1 aliphatic carbocycles. The Morgan fingerprint density at radius 3 is 2.62 bits per heavy atom. The van der Waals surface area contributed by atoms with E-state index in [1.807, 2.05) is 20.8 Å². The first-order valence-electron chi connectivity index (χ1n) is 7.57. The third-order valence-electron chi connectivity index (χ3n) is 3.79. The van der Waals surface area contributed by atoms with Gasteiger partial charge in [-0.15, -0.1) is 5.10 Å². The first kappa shape index (κ1) is 16.3. The summed E-state index contributed by atoms with van der Waals surface area (Å²) in [4.78, 5) is 12.0. The number of hydrogen-bond donors (Lipinski definition) is 1. The van der Waals surface area contributed by atoms with Gasteiger partial charge in [0.15, 0.2) is 0 Å². The van der Waals surface area contributed by atoms with Crippen molar-refractivity contribution >= 4 is 17.7 Å². The molecule has 21 heavy (non-hydrogen) atoms. The monoisotopic (exact) mass is 311 g/mol. The highest BCUT2D eigenvalue weighted by Gasteiger charge is 2.22. The lowest BCUT2D eigenvalue weighted by molar-refractivity contribution is -0.119. The van der Waals surface area contributed by atoms with Gasteiger partial charge in [0.25, 0.3) is 0 Å². The van der Waals surface area contributed by atoms with Crippen molar-refractivity contribution in [3.63, 3.8) is 0 Å². The molecule has 7 heteroatoms. The second-order valence-electron chi connectivity index (χ2n) is 6.86. The van der Waals surface area contributed by atoms with Crippen molar-refractivity contribution in [3.8, 4) is 0 Å². The Morgan fingerprint density at radius 2 is 2.00 bits per heavy atom. The van der Waals surface area contributed by atoms with E-state index in [4.69, 9.17) is 0 Å². The summed E-state index contributed by atoms with van der Waals surface area (Å²) in [7, 11) is 0. The number of amides is 1. The lowest BCUT2D eigenvalue weighted by atomic mass is 9.87. The molecule has 1 heterocycles. The minimum Gasteiger partial charge on any atom is -0.353 e. The summed E-state index contributed by atoms with van der Waals surface area (Å²) >= 11 is 1.39. The van der Waals surface area contributed by atoms with Crippen LogP contribution in [0, 0.1) is 5.92 Å². The summed E-state index contributed by atoms with van der Waals surface area (Å²) in [5.74, 6) is 1.23. The van der Waals surface area contributed by atoms with Crippen LogP contribution in [0.25, 0.3) is 0 Å². The number of carbonyl (C=O) groups excluding carboxylic acids is 1. The highest BCUT2D eigenvalue weighted by molar-refractivity contribution is 7.99. The van der Waals surface area contributed by atoms with Crippen LogP contribution in [-0.2, 0) is 10.3 Å². The Kier molecular flexibility index (Phi) is 5.24. The van der Waals surface area contributed by atoms with Crippen LogP contribution in [-0.4, -0.2) is 37.9 Å². The maximum Gasteiger partial charge on any atom is 0.230 e. The number of carbonyl (C=O) groups is 1. The van der Waals surface area contributed by atoms with Crippen LogP contribution in [0.3, 0.4) is 0 Å². The molecule has 1 fully saturated rings. The highest BCUT2D eigenvalue weighted by Crippen LogP contribution is 2.24. The Hall–Kier alpha value is -1.11. The van der Waals surface area contributed by atoms with Gasteiger partial charge in [-0.1, -0.05) is 18.7 Å². The van der Waals surface area contributed by atoms with Crippen molar-refractivity contribution in [1.82, 2.24) is 25.5 Å². The second kappa shape index (κ2) is 6.77. The third-order valence-corrected chi connectivity index (χ3v) is 4.71. The van der Waals surface area contributed by atoms with Gasteiger partial charge in [-0.05, 0) is 62.8 Å². The molecule has 2 rings (SSSR count). The van der Waals surface area contributed by atoms with E-state index < -0.39 is 0 Å². The Balaban J connectivity index is 1.81. The van der Waals surface area contributed by atoms with E-state index >= 15 is 0 Å². The van der Waals surface area contributed by atoms with Gasteiger partial charge in [0.05, 0.1) is 11.3 Å². The van der Waals surface area contributed by atoms with E-state index in [-0.39, 0.29) is 11.4 Å². The molecule has 0 unspecified atom stereocenters. The van der Waals surface area contributed by atoms with E-state index in [9.17, 15) is 4.79 Å². The minimum atomic E-state index is -0.179. The molecule has 6 nitrogen and oxygen atoms in total. The fourth-order valence-corrected chi connectivity index (χ4v) is 3.36. The molecular formula is C14H25N5OS. The molecule has 0 saturated heterocycles. The predicted octanol–water partition coefficient (Wildman–Crippen LogP) is 2.22. The van der Waals surface area contributed by atoms with Crippen molar-refractivity contribution in [1.29, 1.82) is 0 Å². The maximum absolute atomic E-state index is 12.0. The molecular weight excluding hydrogens is 286 g/mol. The average Bonchev–Trinajstić information content (AvgIpc) is 2.87. The van der Waals surface area contributed by atoms with Crippen molar-refractivity contribution in [3.05, 3.63) is 0 Å². The quantitative estimate of drug-likeness (QED) is 0.863. The van der Waals surface area contributed by atoms with Gasteiger partial charge in [0.1, 0.15) is 0 Å². The number of tetrazole rings is 1. The van der Waals surface area contributed by atoms with Crippen LogP contribution >= 0.6 is 11.8 Å². The molecule has 1 aliphatic rings. The normalized spacial score (nSPS) is 23.0. The standard InChI is InChI=1S/C14H25N5OS/c1-10-5-7-11(8-6-10)15-12(20)9-21-13-16-17-18-19(13)14(2,3)4/h10-11H,5-9H2,1-4H3,(H,15,20). The zero-order valence-corrected chi connectivity index (χ0v) is 14.1. The molecule has 1 aromatic heterocycles. The summed E-state index contributed by atoms with van der Waals surface area (Å²) in [6.07, 6.45) is 4.61. The van der Waals surface area contributed by atoms with Gasteiger partial charge < -0.3 is 5.32 Å². The lowest BCUT2D eigenvalue weighted by Crippen LogP contribution is -2.38. The van der Waals surface area contributed by atoms with Gasteiger partial charge in [-0.2, -0.15) is 0 Å². The molecule has 1 aromatic rings. The van der Waals surface area contributed by atoms with Crippen LogP contribution < -0.4 is 5.32 Å². The molecule has 1 saturated carbocycles. The summed E-state index contributed by atoms with van der Waals surface area (Å²) in [5.41, 5.74) is -0.179. The number of thioether (sulfide) groups is 1. The maximum atomic E-state index is 12.0. The fourth-order valence-electron chi connectivity index (χ4n) is 2.49. The lowest BCUT2D eigenvalue weighted by Gasteiger charge is -2.26. The molecule has 0 radical (unpaired) electrons. The third kappa shape index (κ3) is 4.69. The Bertz CT molecular complexity index is 474. The molecule has 0 atom stereocenters. The Labute approximate surface area is 130 Å². The van der Waals surface area contributed by atoms with Crippen LogP contribution in [0.1, 0.15) is 53.4 Å². The van der Waals surface area contributed by atoms with Gasteiger partial charge in [0, 0.05) is 6.04 Å². The van der Waals surface area contributed by atoms with Gasteiger partial charge in [-0.25, -0.2) is 4.68 Å². The van der Waals surface area contributed by atoms with E-state index in [1.165, 1.54) is 24.6 Å². The predicted molar refractivity (Wildman–Crippen MR) is 83.1 cm³/mol. The molecule has 0 aliphatic heterocycles. The number of nitrogens with one attached hydrogen (secondary N) is 1. The van der Waals surface area contributed by atoms with Gasteiger partial charge in [-0.3, -0.25) is 4.79 Å². The van der Waals surface area contributed by atoms with E-state index in [1.54, 1.807) is 4.68 Å². The van der Waals surface area contributed by atoms with Gasteiger partial charge >= 0.3 is 0 Å². The average molecular weight is 311 g/mol. The van der Waals surface area contributed by atoms with E-state index in [0.29, 0.717) is 17.0 Å². The van der Waals surface area contributed by atoms with Crippen molar-refractivity contribution < 1.29 is 4.79 Å². The van der Waals surface area contributed by atoms with Crippen LogP contribution in [0.15, 0.2) is 5.16 Å². The largest absolute Gasteiger partial charge is 0.353 e. The summed E-state index contributed by atoms with van der Waals surface area (Å²) < 4.78 is 1.76. The molecule has 1 N–H and O–H groups in total. The summed E-state index contributed by atoms with van der Waals surface area (Å²) in [6, 6.07) is 0.341. The topological polar surface area (TPSA) is 72.7 Å². The summed E-state index contributed by atoms with van der Waals surface area (Å²) in [5, 5.41) is 15.5. The minimum absolute atomic E-state index is 0.0722. The highest BCUT2D eigenvalue weighted by atomic mass is 32.2. The number of hydrogen-bond acceptors (Lipinski definition) is 5. The first-order chi connectivity index (χ1) is 9.86. The molecule has 118 valence electrons. The smallest absolute Gasteiger partial charge is 0.230 e. The second-order valence-corrected chi connectivity index (χ2v) is 7.80. The first-order valence-corrected chi connectivity index (χ1v) is 8.56. The number of aromatic nitrogens is 4. The Morgan fingerprint density at radius 1 is 1.33 bits per heavy atom. The fraction of sp³-hybridized carbons (Fsp3) is 0.857. The summed E-state index contributed by atoms with van der Waals surface area (Å²) in [6.45, 7) is 8.39. The van der Waals surface area contributed by atoms with Crippen molar-refractivity contribution in [2.75, 3.05) is 5.75 Å². The molecule has 0 spiro atoms. The van der Waals surface area contributed by atoms with Crippen LogP contribution in [0.4, 0.5) is 0 Å². The molecule has 0 bridgehead atoms. The van der Waals surface area contributed by atoms with E-state index in [2.05, 4.69) is 27.8 Å².